The molecule has 10 nitrogen and oxygen atoms in total. The molecular weight excluding hydrogens is 526 g/mol. The van der Waals surface area contributed by atoms with Gasteiger partial charge in [-0.25, -0.2) is 4.98 Å². The summed E-state index contributed by atoms with van der Waals surface area (Å²) in [6.07, 6.45) is 2.30. The van der Waals surface area contributed by atoms with Crippen LogP contribution >= 0.6 is 11.3 Å². The number of rotatable bonds is 7. The Morgan fingerprint density at radius 3 is 2.45 bits per heavy atom. The number of carbonyl (C=O) groups is 1. The summed E-state index contributed by atoms with van der Waals surface area (Å²) in [6.45, 7) is 6.19. The molecule has 1 aliphatic rings. The van der Waals surface area contributed by atoms with Gasteiger partial charge < -0.3 is 19.5 Å². The third-order valence-electron chi connectivity index (χ3n) is 6.96. The number of hydrogen-bond donors (Lipinski definition) is 1. The number of benzene rings is 2. The lowest BCUT2D eigenvalue weighted by atomic mass is 9.94. The Morgan fingerprint density at radius 2 is 1.77 bits per heavy atom. The number of hydrogen-bond acceptors (Lipinski definition) is 10. The number of carbonyl (C=O) groups excluding carboxylic acids is 1. The highest BCUT2D eigenvalue weighted by Gasteiger charge is 2.34. The minimum Gasteiger partial charge on any atom is -0.421 e. The lowest BCUT2D eigenvalue weighted by Crippen LogP contribution is -2.35. The van der Waals surface area contributed by atoms with Gasteiger partial charge in [-0.2, -0.15) is 0 Å². The molecule has 1 aliphatic heterocycles. The van der Waals surface area contributed by atoms with Crippen molar-refractivity contribution in [2.75, 3.05) is 6.54 Å². The van der Waals surface area contributed by atoms with E-state index in [9.17, 15) is 4.79 Å². The summed E-state index contributed by atoms with van der Waals surface area (Å²) in [7, 11) is 0. The molecule has 2 unspecified atom stereocenters. The summed E-state index contributed by atoms with van der Waals surface area (Å²) in [6, 6.07) is 15.2. The highest BCUT2D eigenvalue weighted by molar-refractivity contribution is 7.09. The molecule has 2 N–H and O–H groups in total. The first kappa shape index (κ1) is 26.0. The first-order chi connectivity index (χ1) is 19.3. The first-order valence-corrected chi connectivity index (χ1v) is 14.0. The third kappa shape index (κ3) is 5.17. The SMILES string of the molecule is Cc1csc(C2CCCN2C(=O)c2cc(-c3nnc(C)o3)cc(-c3nnc(C(C)(N)Cc4ccccc4)o3)c2)n1. The molecule has 0 radical (unpaired) electrons. The predicted octanol–water partition coefficient (Wildman–Crippen LogP) is 5.25. The van der Waals surface area contributed by atoms with Gasteiger partial charge in [0.05, 0.1) is 11.6 Å². The molecule has 0 aliphatic carbocycles. The van der Waals surface area contributed by atoms with Crippen LogP contribution in [-0.2, 0) is 12.0 Å². The van der Waals surface area contributed by atoms with Crippen molar-refractivity contribution in [3.05, 3.63) is 87.5 Å². The van der Waals surface area contributed by atoms with Gasteiger partial charge in [0, 0.05) is 41.2 Å². The van der Waals surface area contributed by atoms with E-state index in [4.69, 9.17) is 14.6 Å². The van der Waals surface area contributed by atoms with Crippen LogP contribution in [-0.4, -0.2) is 42.7 Å². The maximum Gasteiger partial charge on any atom is 0.254 e. The summed E-state index contributed by atoms with van der Waals surface area (Å²) >= 11 is 1.59. The molecule has 40 heavy (non-hydrogen) atoms. The van der Waals surface area contributed by atoms with Crippen LogP contribution in [0.1, 0.15) is 64.2 Å². The zero-order valence-corrected chi connectivity index (χ0v) is 23.3. The molecule has 0 saturated carbocycles. The van der Waals surface area contributed by atoms with Gasteiger partial charge in [-0.05, 0) is 56.9 Å². The van der Waals surface area contributed by atoms with E-state index in [1.165, 1.54) is 0 Å². The summed E-state index contributed by atoms with van der Waals surface area (Å²) in [5.41, 5.74) is 9.36. The average Bonchev–Trinajstić information content (AvgIpc) is 3.75. The smallest absolute Gasteiger partial charge is 0.254 e. The average molecular weight is 556 g/mol. The molecule has 0 bridgehead atoms. The van der Waals surface area contributed by atoms with Crippen LogP contribution in [0.5, 0.6) is 0 Å². The van der Waals surface area contributed by atoms with E-state index >= 15 is 0 Å². The number of aryl methyl sites for hydroxylation is 2. The van der Waals surface area contributed by atoms with Crippen LogP contribution in [0.15, 0.2) is 62.7 Å². The van der Waals surface area contributed by atoms with Crippen molar-refractivity contribution in [1.29, 1.82) is 0 Å². The quantitative estimate of drug-likeness (QED) is 0.285. The highest BCUT2D eigenvalue weighted by atomic mass is 32.1. The Bertz CT molecular complexity index is 1660. The maximum atomic E-state index is 13.9. The van der Waals surface area contributed by atoms with Gasteiger partial charge >= 0.3 is 0 Å². The van der Waals surface area contributed by atoms with Crippen LogP contribution in [0.25, 0.3) is 22.9 Å². The van der Waals surface area contributed by atoms with E-state index in [-0.39, 0.29) is 17.8 Å². The van der Waals surface area contributed by atoms with Crippen LogP contribution in [0.2, 0.25) is 0 Å². The van der Waals surface area contributed by atoms with Crippen molar-refractivity contribution in [2.45, 2.75) is 51.6 Å². The molecule has 1 amide bonds. The van der Waals surface area contributed by atoms with Crippen molar-refractivity contribution in [3.63, 3.8) is 0 Å². The molecule has 1 fully saturated rings. The van der Waals surface area contributed by atoms with Gasteiger partial charge in [-0.3, -0.25) is 4.79 Å². The lowest BCUT2D eigenvalue weighted by molar-refractivity contribution is 0.0735. The Morgan fingerprint density at radius 1 is 1.05 bits per heavy atom. The molecule has 3 aromatic heterocycles. The van der Waals surface area contributed by atoms with E-state index < -0.39 is 5.54 Å². The molecule has 4 heterocycles. The maximum absolute atomic E-state index is 13.9. The Kier molecular flexibility index (Phi) is 6.77. The topological polar surface area (TPSA) is 137 Å². The predicted molar refractivity (Wildman–Crippen MR) is 149 cm³/mol. The fourth-order valence-corrected chi connectivity index (χ4v) is 5.98. The third-order valence-corrected chi connectivity index (χ3v) is 8.03. The van der Waals surface area contributed by atoms with Gasteiger partial charge in [0.25, 0.3) is 5.91 Å². The van der Waals surface area contributed by atoms with Crippen LogP contribution in [0, 0.1) is 13.8 Å². The second-order valence-corrected chi connectivity index (χ2v) is 11.3. The van der Waals surface area contributed by atoms with E-state index in [1.54, 1.807) is 36.5 Å². The van der Waals surface area contributed by atoms with Gasteiger partial charge in [-0.15, -0.1) is 31.7 Å². The number of likely N-dealkylation sites (tertiary alicyclic amines) is 1. The molecule has 1 saturated heterocycles. The van der Waals surface area contributed by atoms with Crippen molar-refractivity contribution in [2.24, 2.45) is 5.73 Å². The van der Waals surface area contributed by atoms with Gasteiger partial charge in [0.15, 0.2) is 0 Å². The summed E-state index contributed by atoms with van der Waals surface area (Å²) in [5, 5.41) is 19.7. The molecule has 5 aromatic rings. The molecule has 2 aromatic carbocycles. The van der Waals surface area contributed by atoms with E-state index in [1.807, 2.05) is 54.5 Å². The number of nitrogens with two attached hydrogens (primary N) is 1. The minimum absolute atomic E-state index is 0.0603. The fraction of sp³-hybridized carbons (Fsp3) is 0.310. The molecule has 6 rings (SSSR count). The van der Waals surface area contributed by atoms with Crippen LogP contribution in [0.4, 0.5) is 0 Å². The van der Waals surface area contributed by atoms with Crippen molar-refractivity contribution in [3.8, 4) is 22.9 Å². The first-order valence-electron chi connectivity index (χ1n) is 13.1. The lowest BCUT2D eigenvalue weighted by Gasteiger charge is -2.23. The van der Waals surface area contributed by atoms with Crippen molar-refractivity contribution in [1.82, 2.24) is 30.3 Å². The fourth-order valence-electron chi connectivity index (χ4n) is 5.03. The van der Waals surface area contributed by atoms with Crippen LogP contribution < -0.4 is 5.73 Å². The number of thiazole rings is 1. The van der Waals surface area contributed by atoms with Crippen LogP contribution in [0.3, 0.4) is 0 Å². The second kappa shape index (κ2) is 10.4. The zero-order chi connectivity index (χ0) is 27.9. The van der Waals surface area contributed by atoms with Gasteiger partial charge in [0.1, 0.15) is 5.01 Å². The zero-order valence-electron chi connectivity index (χ0n) is 22.5. The van der Waals surface area contributed by atoms with E-state index in [0.29, 0.717) is 47.3 Å². The minimum atomic E-state index is -0.888. The molecule has 204 valence electrons. The van der Waals surface area contributed by atoms with Gasteiger partial charge in [-0.1, -0.05) is 30.3 Å². The van der Waals surface area contributed by atoms with Crippen molar-refractivity contribution < 1.29 is 13.6 Å². The van der Waals surface area contributed by atoms with Gasteiger partial charge in [0.2, 0.25) is 23.6 Å². The number of amides is 1. The summed E-state index contributed by atoms with van der Waals surface area (Å²) < 4.78 is 11.8. The molecule has 2 atom stereocenters. The Labute approximate surface area is 235 Å². The van der Waals surface area contributed by atoms with Crippen molar-refractivity contribution >= 4 is 17.2 Å². The Balaban J connectivity index is 1.36. The molecule has 0 spiro atoms. The number of aromatic nitrogens is 5. The normalized spacial score (nSPS) is 16.8. The molecular formula is C29H29N7O3S. The van der Waals surface area contributed by atoms with E-state index in [2.05, 4.69) is 25.4 Å². The molecule has 11 heteroatoms. The Hall–Kier alpha value is -4.22. The second-order valence-electron chi connectivity index (χ2n) is 10.4. The monoisotopic (exact) mass is 555 g/mol. The summed E-state index contributed by atoms with van der Waals surface area (Å²) in [4.78, 5) is 20.5. The largest absolute Gasteiger partial charge is 0.421 e. The van der Waals surface area contributed by atoms with E-state index in [0.717, 1.165) is 29.1 Å². The highest BCUT2D eigenvalue weighted by Crippen LogP contribution is 2.36. The standard InChI is InChI=1S/C29H29N7O3S/c1-17-16-40-26(31-17)23-10-7-11-36(23)27(37)22-13-20(24-33-32-18(2)38-24)12-21(14-22)25-34-35-28(39-25)29(3,30)15-19-8-5-4-6-9-19/h4-6,8-9,12-14,16,23H,7,10-11,15,30H2,1-3H3. The summed E-state index contributed by atoms with van der Waals surface area (Å²) in [5.74, 6) is 1.17. The number of nitrogens with zero attached hydrogens (tertiary/aromatic N) is 6.